The summed E-state index contributed by atoms with van der Waals surface area (Å²) in [5, 5.41) is 2.01. The highest BCUT2D eigenvalue weighted by molar-refractivity contribution is 8.26. The highest BCUT2D eigenvalue weighted by atomic mass is 32.2. The van der Waals surface area contributed by atoms with Gasteiger partial charge in [-0.1, -0.05) is 84.6 Å². The average Bonchev–Trinajstić information content (AvgIpc) is 3.09. The average molecular weight is 464 g/mol. The molecular weight excluding hydrogens is 442 g/mol. The van der Waals surface area contributed by atoms with Crippen molar-refractivity contribution in [2.75, 3.05) is 13.7 Å². The molecule has 1 unspecified atom stereocenters. The van der Waals surface area contributed by atoms with Crippen molar-refractivity contribution < 1.29 is 19.1 Å². The molecule has 0 saturated carbocycles. The third kappa shape index (κ3) is 4.13. The maximum Gasteiger partial charge on any atom is 0.333 e. The van der Waals surface area contributed by atoms with E-state index in [0.29, 0.717) is 27.1 Å². The second-order valence-corrected chi connectivity index (χ2v) is 8.70. The molecule has 1 aliphatic rings. The molecular formula is C25H21NO4S2. The minimum atomic E-state index is -0.946. The molecule has 0 spiro atoms. The maximum atomic E-state index is 13.5. The number of fused-ring (bicyclic) bond motifs is 1. The van der Waals surface area contributed by atoms with E-state index in [1.165, 1.54) is 23.8 Å². The Balaban J connectivity index is 1.79. The van der Waals surface area contributed by atoms with Gasteiger partial charge >= 0.3 is 5.97 Å². The Labute approximate surface area is 196 Å². The van der Waals surface area contributed by atoms with Crippen LogP contribution in [0, 0.1) is 0 Å². The molecule has 1 amide bonds. The van der Waals surface area contributed by atoms with Crippen LogP contribution in [0.4, 0.5) is 0 Å². The minimum absolute atomic E-state index is 0.304. The van der Waals surface area contributed by atoms with Gasteiger partial charge in [0.2, 0.25) is 0 Å². The van der Waals surface area contributed by atoms with E-state index in [1.807, 2.05) is 61.5 Å². The lowest BCUT2D eigenvalue weighted by Crippen LogP contribution is -2.37. The predicted molar refractivity (Wildman–Crippen MR) is 131 cm³/mol. The second-order valence-electron chi connectivity index (χ2n) is 7.02. The third-order valence-corrected chi connectivity index (χ3v) is 6.46. The molecule has 5 nitrogen and oxygen atoms in total. The monoisotopic (exact) mass is 463 g/mol. The summed E-state index contributed by atoms with van der Waals surface area (Å²) >= 11 is 6.69. The van der Waals surface area contributed by atoms with Crippen molar-refractivity contribution in [1.29, 1.82) is 0 Å². The van der Waals surface area contributed by atoms with Gasteiger partial charge in [-0.2, -0.15) is 0 Å². The fraction of sp³-hybridized carbons (Fsp3) is 0.160. The zero-order valence-corrected chi connectivity index (χ0v) is 19.2. The summed E-state index contributed by atoms with van der Waals surface area (Å²) in [5.74, 6) is -0.201. The zero-order valence-electron chi connectivity index (χ0n) is 17.6. The van der Waals surface area contributed by atoms with Crippen LogP contribution in [0.5, 0.6) is 5.75 Å². The van der Waals surface area contributed by atoms with Crippen molar-refractivity contribution >= 4 is 57.0 Å². The van der Waals surface area contributed by atoms with Crippen molar-refractivity contribution in [3.63, 3.8) is 0 Å². The summed E-state index contributed by atoms with van der Waals surface area (Å²) in [6.07, 6.45) is 1.80. The number of hydrogen-bond acceptors (Lipinski definition) is 6. The summed E-state index contributed by atoms with van der Waals surface area (Å²) in [4.78, 5) is 27.9. The van der Waals surface area contributed by atoms with Crippen LogP contribution >= 0.6 is 24.0 Å². The van der Waals surface area contributed by atoms with Crippen molar-refractivity contribution in [3.8, 4) is 5.75 Å². The van der Waals surface area contributed by atoms with E-state index < -0.39 is 12.0 Å². The molecule has 0 bridgehead atoms. The van der Waals surface area contributed by atoms with Crippen LogP contribution in [-0.2, 0) is 14.3 Å². The number of thioether (sulfide) groups is 1. The Morgan fingerprint density at radius 1 is 1.09 bits per heavy atom. The number of nitrogens with zero attached hydrogens (tertiary/aromatic N) is 1. The number of carbonyl (C=O) groups is 2. The van der Waals surface area contributed by atoms with Gasteiger partial charge in [0.15, 0.2) is 6.04 Å². The van der Waals surface area contributed by atoms with E-state index in [-0.39, 0.29) is 5.91 Å². The maximum absolute atomic E-state index is 13.5. The first-order valence-electron chi connectivity index (χ1n) is 10.1. The van der Waals surface area contributed by atoms with Gasteiger partial charge in [-0.15, -0.1) is 0 Å². The number of ether oxygens (including phenoxy) is 2. The van der Waals surface area contributed by atoms with Gasteiger partial charge in [-0.25, -0.2) is 4.79 Å². The first-order chi connectivity index (χ1) is 15.5. The van der Waals surface area contributed by atoms with Crippen molar-refractivity contribution in [2.24, 2.45) is 0 Å². The standard InChI is InChI=1S/C25H21NO4S2/c1-3-30-20-14-13-16-9-7-8-12-18(16)19(20)15-21-23(27)26(25(31)32-21)22(24(28)29-2)17-10-5-4-6-11-17/h4-15,22H,3H2,1-2H3/b21-15+. The molecule has 4 rings (SSSR count). The Kier molecular flexibility index (Phi) is 6.58. The number of benzene rings is 3. The summed E-state index contributed by atoms with van der Waals surface area (Å²) in [5.41, 5.74) is 1.44. The van der Waals surface area contributed by atoms with Crippen LogP contribution in [0.2, 0.25) is 0 Å². The van der Waals surface area contributed by atoms with Crippen molar-refractivity contribution in [2.45, 2.75) is 13.0 Å². The summed E-state index contributed by atoms with van der Waals surface area (Å²) in [6.45, 7) is 2.41. The lowest BCUT2D eigenvalue weighted by atomic mass is 10.0. The Morgan fingerprint density at radius 2 is 1.81 bits per heavy atom. The smallest absolute Gasteiger partial charge is 0.333 e. The number of rotatable bonds is 6. The Hall–Kier alpha value is -3.16. The molecule has 1 saturated heterocycles. The molecule has 7 heteroatoms. The van der Waals surface area contributed by atoms with Crippen LogP contribution in [0.25, 0.3) is 16.8 Å². The number of methoxy groups -OCH3 is 1. The van der Waals surface area contributed by atoms with E-state index in [0.717, 1.165) is 16.3 Å². The number of carbonyl (C=O) groups excluding carboxylic acids is 2. The van der Waals surface area contributed by atoms with Crippen LogP contribution in [0.15, 0.2) is 71.6 Å². The van der Waals surface area contributed by atoms with E-state index in [4.69, 9.17) is 21.7 Å². The zero-order chi connectivity index (χ0) is 22.7. The molecule has 32 heavy (non-hydrogen) atoms. The molecule has 3 aromatic rings. The molecule has 1 heterocycles. The van der Waals surface area contributed by atoms with E-state index in [1.54, 1.807) is 18.2 Å². The highest BCUT2D eigenvalue weighted by Gasteiger charge is 2.42. The van der Waals surface area contributed by atoms with Gasteiger partial charge in [0.1, 0.15) is 10.1 Å². The summed E-state index contributed by atoms with van der Waals surface area (Å²) in [6, 6.07) is 19.9. The first kappa shape index (κ1) is 22.0. The van der Waals surface area contributed by atoms with Gasteiger partial charge in [0.25, 0.3) is 5.91 Å². The van der Waals surface area contributed by atoms with E-state index in [9.17, 15) is 9.59 Å². The molecule has 1 aliphatic heterocycles. The van der Waals surface area contributed by atoms with Gasteiger partial charge < -0.3 is 9.47 Å². The Morgan fingerprint density at radius 3 is 2.53 bits per heavy atom. The van der Waals surface area contributed by atoms with E-state index >= 15 is 0 Å². The van der Waals surface area contributed by atoms with Gasteiger partial charge in [0, 0.05) is 5.56 Å². The fourth-order valence-electron chi connectivity index (χ4n) is 3.68. The normalized spacial score (nSPS) is 15.9. The molecule has 0 aliphatic carbocycles. The quantitative estimate of drug-likeness (QED) is 0.279. The van der Waals surface area contributed by atoms with Crippen LogP contribution in [0.3, 0.4) is 0 Å². The van der Waals surface area contributed by atoms with E-state index in [2.05, 4.69) is 0 Å². The Bertz CT molecular complexity index is 1220. The van der Waals surface area contributed by atoms with Crippen molar-refractivity contribution in [1.82, 2.24) is 4.90 Å². The third-order valence-electron chi connectivity index (χ3n) is 5.13. The van der Waals surface area contributed by atoms with Gasteiger partial charge in [-0.3, -0.25) is 9.69 Å². The fourth-order valence-corrected chi connectivity index (χ4v) is 4.97. The van der Waals surface area contributed by atoms with Crippen LogP contribution in [0.1, 0.15) is 24.1 Å². The first-order valence-corrected chi connectivity index (χ1v) is 11.3. The number of amides is 1. The highest BCUT2D eigenvalue weighted by Crippen LogP contribution is 2.40. The molecule has 1 atom stereocenters. The lowest BCUT2D eigenvalue weighted by Gasteiger charge is -2.24. The lowest BCUT2D eigenvalue weighted by molar-refractivity contribution is -0.148. The largest absolute Gasteiger partial charge is 0.493 e. The van der Waals surface area contributed by atoms with Gasteiger partial charge in [-0.05, 0) is 35.4 Å². The summed E-state index contributed by atoms with van der Waals surface area (Å²) in [7, 11) is 1.30. The SMILES string of the molecule is CCOc1ccc2ccccc2c1/C=C1/SC(=S)N(C(C(=O)OC)c2ccccc2)C1=O. The number of esters is 1. The van der Waals surface area contributed by atoms with Crippen molar-refractivity contribution in [3.05, 3.63) is 82.8 Å². The molecule has 0 N–H and O–H groups in total. The van der Waals surface area contributed by atoms with Gasteiger partial charge in [0.05, 0.1) is 18.6 Å². The molecule has 0 radical (unpaired) electrons. The predicted octanol–water partition coefficient (Wildman–Crippen LogP) is 5.35. The van der Waals surface area contributed by atoms with Crippen LogP contribution in [-0.4, -0.2) is 34.8 Å². The number of thiocarbonyl (C=S) groups is 1. The summed E-state index contributed by atoms with van der Waals surface area (Å²) < 4.78 is 11.1. The molecule has 1 fully saturated rings. The molecule has 162 valence electrons. The minimum Gasteiger partial charge on any atom is -0.493 e. The van der Waals surface area contributed by atoms with Crippen LogP contribution < -0.4 is 4.74 Å². The molecule has 0 aromatic heterocycles. The second kappa shape index (κ2) is 9.54. The topological polar surface area (TPSA) is 55.8 Å². The number of hydrogen-bond donors (Lipinski definition) is 0. The molecule has 3 aromatic carbocycles.